The number of carboxylic acid groups (broad SMARTS) is 1. The number of rotatable bonds is 4. The Morgan fingerprint density at radius 1 is 1.19 bits per heavy atom. The minimum absolute atomic E-state index is 0.110. The van der Waals surface area contributed by atoms with Gasteiger partial charge in [-0.15, -0.1) is 0 Å². The number of esters is 1. The minimum Gasteiger partial charge on any atom is -0.478 e. The number of benzene rings is 1. The van der Waals surface area contributed by atoms with E-state index in [9.17, 15) is 9.59 Å². The van der Waals surface area contributed by atoms with Crippen LogP contribution in [0.2, 0.25) is 0 Å². The molecule has 0 aliphatic carbocycles. The van der Waals surface area contributed by atoms with E-state index in [1.807, 2.05) is 0 Å². The molecule has 0 saturated carbocycles. The molecule has 0 radical (unpaired) electrons. The molecule has 1 aromatic carbocycles. The van der Waals surface area contributed by atoms with Crippen LogP contribution in [0.3, 0.4) is 0 Å². The highest BCUT2D eigenvalue weighted by Gasteiger charge is 2.09. The molecule has 4 heteroatoms. The molecule has 0 spiro atoms. The molecular weight excluding hydrogens is 208 g/mol. The van der Waals surface area contributed by atoms with Crippen molar-refractivity contribution in [2.24, 2.45) is 0 Å². The zero-order valence-corrected chi connectivity index (χ0v) is 8.47. The van der Waals surface area contributed by atoms with Gasteiger partial charge in [0.05, 0.1) is 11.1 Å². The average molecular weight is 218 g/mol. The lowest BCUT2D eigenvalue weighted by molar-refractivity contribution is 0.0635. The Hall–Kier alpha value is -2.36. The van der Waals surface area contributed by atoms with Crippen LogP contribution in [0.25, 0.3) is 0 Å². The third kappa shape index (κ3) is 2.81. The molecule has 0 saturated heterocycles. The molecule has 0 amide bonds. The van der Waals surface area contributed by atoms with Gasteiger partial charge in [-0.1, -0.05) is 13.2 Å². The van der Waals surface area contributed by atoms with E-state index in [0.29, 0.717) is 0 Å². The fourth-order valence-corrected chi connectivity index (χ4v) is 0.969. The summed E-state index contributed by atoms with van der Waals surface area (Å²) >= 11 is 0. The van der Waals surface area contributed by atoms with Crippen LogP contribution < -0.4 is 0 Å². The molecular formula is C12H10O4. The number of ether oxygens (including phenoxy) is 1. The largest absolute Gasteiger partial charge is 0.478 e. The van der Waals surface area contributed by atoms with Crippen molar-refractivity contribution in [2.75, 3.05) is 0 Å². The van der Waals surface area contributed by atoms with Crippen LogP contribution in [0.5, 0.6) is 0 Å². The van der Waals surface area contributed by atoms with Gasteiger partial charge in [0.2, 0.25) is 0 Å². The molecule has 0 heterocycles. The number of aromatic carboxylic acids is 1. The van der Waals surface area contributed by atoms with Crippen molar-refractivity contribution in [1.29, 1.82) is 0 Å². The number of hydrogen-bond donors (Lipinski definition) is 1. The van der Waals surface area contributed by atoms with Gasteiger partial charge in [-0.25, -0.2) is 9.59 Å². The monoisotopic (exact) mass is 218 g/mol. The summed E-state index contributed by atoms with van der Waals surface area (Å²) in [4.78, 5) is 22.0. The molecule has 16 heavy (non-hydrogen) atoms. The van der Waals surface area contributed by atoms with E-state index in [1.165, 1.54) is 30.3 Å². The maximum Gasteiger partial charge on any atom is 0.343 e. The van der Waals surface area contributed by atoms with Crippen molar-refractivity contribution in [3.63, 3.8) is 0 Å². The van der Waals surface area contributed by atoms with Gasteiger partial charge in [0.1, 0.15) is 5.76 Å². The number of carboxylic acids is 1. The molecule has 0 atom stereocenters. The van der Waals surface area contributed by atoms with Crippen LogP contribution in [0, 0.1) is 0 Å². The molecule has 1 rings (SSSR count). The van der Waals surface area contributed by atoms with E-state index >= 15 is 0 Å². The molecule has 82 valence electrons. The summed E-state index contributed by atoms with van der Waals surface area (Å²) in [6, 6.07) is 5.41. The van der Waals surface area contributed by atoms with Crippen molar-refractivity contribution in [3.05, 3.63) is 60.4 Å². The highest BCUT2D eigenvalue weighted by atomic mass is 16.5. The molecule has 0 unspecified atom stereocenters. The Kier molecular flexibility index (Phi) is 3.61. The zero-order valence-electron chi connectivity index (χ0n) is 8.47. The fraction of sp³-hybridized carbons (Fsp3) is 0. The van der Waals surface area contributed by atoms with Gasteiger partial charge in [0.25, 0.3) is 0 Å². The van der Waals surface area contributed by atoms with Gasteiger partial charge < -0.3 is 9.84 Å². The topological polar surface area (TPSA) is 63.6 Å². The molecule has 0 aliphatic rings. The van der Waals surface area contributed by atoms with Gasteiger partial charge in [0, 0.05) is 0 Å². The molecule has 0 bridgehead atoms. The number of hydrogen-bond acceptors (Lipinski definition) is 3. The van der Waals surface area contributed by atoms with Crippen LogP contribution in [-0.2, 0) is 4.74 Å². The second-order valence-electron chi connectivity index (χ2n) is 2.94. The van der Waals surface area contributed by atoms with Crippen molar-refractivity contribution < 1.29 is 19.4 Å². The minimum atomic E-state index is -1.05. The number of allylic oxidation sites excluding steroid dienone is 1. The van der Waals surface area contributed by atoms with Crippen LogP contribution >= 0.6 is 0 Å². The highest BCUT2D eigenvalue weighted by molar-refractivity contribution is 5.93. The maximum atomic E-state index is 11.4. The van der Waals surface area contributed by atoms with E-state index in [0.717, 1.165) is 0 Å². The van der Waals surface area contributed by atoms with Crippen molar-refractivity contribution in [1.82, 2.24) is 0 Å². The predicted molar refractivity (Wildman–Crippen MR) is 58.2 cm³/mol. The Morgan fingerprint density at radius 2 is 1.69 bits per heavy atom. The summed E-state index contributed by atoms with van der Waals surface area (Å²) in [6.45, 7) is 6.82. The SMILES string of the molecule is C=CC(=C)OC(=O)c1ccc(C(=O)O)cc1. The lowest BCUT2D eigenvalue weighted by Gasteiger charge is -2.03. The highest BCUT2D eigenvalue weighted by Crippen LogP contribution is 2.08. The Labute approximate surface area is 92.5 Å². The molecule has 1 N–H and O–H groups in total. The summed E-state index contributed by atoms with van der Waals surface area (Å²) in [5.74, 6) is -1.50. The van der Waals surface area contributed by atoms with E-state index < -0.39 is 11.9 Å². The van der Waals surface area contributed by atoms with Crippen LogP contribution in [0.15, 0.2) is 49.3 Å². The summed E-state index contributed by atoms with van der Waals surface area (Å²) in [7, 11) is 0. The number of carbonyl (C=O) groups excluding carboxylic acids is 1. The van der Waals surface area contributed by atoms with Crippen molar-refractivity contribution >= 4 is 11.9 Å². The molecule has 0 aromatic heterocycles. The molecule has 1 aromatic rings. The quantitative estimate of drug-likeness (QED) is 0.478. The summed E-state index contributed by atoms with van der Waals surface area (Å²) in [6.07, 6.45) is 1.31. The predicted octanol–water partition coefficient (Wildman–Crippen LogP) is 2.24. The third-order valence-electron chi connectivity index (χ3n) is 1.82. The van der Waals surface area contributed by atoms with E-state index in [4.69, 9.17) is 9.84 Å². The summed E-state index contributed by atoms with van der Waals surface area (Å²) in [5.41, 5.74) is 0.368. The van der Waals surface area contributed by atoms with Gasteiger partial charge >= 0.3 is 11.9 Å². The Morgan fingerprint density at radius 3 is 2.12 bits per heavy atom. The van der Waals surface area contributed by atoms with Gasteiger partial charge in [-0.3, -0.25) is 0 Å². The first-order valence-electron chi connectivity index (χ1n) is 4.41. The lowest BCUT2D eigenvalue weighted by atomic mass is 10.1. The fourth-order valence-electron chi connectivity index (χ4n) is 0.969. The van der Waals surface area contributed by atoms with Crippen LogP contribution in [-0.4, -0.2) is 17.0 Å². The average Bonchev–Trinajstić information content (AvgIpc) is 2.28. The first-order valence-corrected chi connectivity index (χ1v) is 4.41. The Balaban J connectivity index is 2.81. The third-order valence-corrected chi connectivity index (χ3v) is 1.82. The summed E-state index contributed by atoms with van der Waals surface area (Å²) < 4.78 is 4.79. The first kappa shape index (κ1) is 11.7. The molecule has 0 fully saturated rings. The van der Waals surface area contributed by atoms with E-state index in [-0.39, 0.29) is 16.9 Å². The maximum absolute atomic E-state index is 11.4. The van der Waals surface area contributed by atoms with E-state index in [2.05, 4.69) is 13.2 Å². The zero-order chi connectivity index (χ0) is 12.1. The molecule has 0 aliphatic heterocycles. The smallest absolute Gasteiger partial charge is 0.343 e. The van der Waals surface area contributed by atoms with Crippen molar-refractivity contribution in [2.45, 2.75) is 0 Å². The van der Waals surface area contributed by atoms with Gasteiger partial charge in [0.15, 0.2) is 0 Å². The van der Waals surface area contributed by atoms with Crippen molar-refractivity contribution in [3.8, 4) is 0 Å². The standard InChI is InChI=1S/C12H10O4/c1-3-8(2)16-12(15)10-6-4-9(5-7-10)11(13)14/h3-7H,1-2H2,(H,13,14). The van der Waals surface area contributed by atoms with Gasteiger partial charge in [-0.05, 0) is 30.3 Å². The van der Waals surface area contributed by atoms with E-state index in [1.54, 1.807) is 0 Å². The number of carbonyl (C=O) groups is 2. The van der Waals surface area contributed by atoms with Gasteiger partial charge in [-0.2, -0.15) is 0 Å². The lowest BCUT2D eigenvalue weighted by Crippen LogP contribution is -2.04. The summed E-state index contributed by atoms with van der Waals surface area (Å²) in [5, 5.41) is 8.65. The second kappa shape index (κ2) is 4.93. The molecule has 4 nitrogen and oxygen atoms in total. The normalized spacial score (nSPS) is 9.25. The second-order valence-corrected chi connectivity index (χ2v) is 2.94. The van der Waals surface area contributed by atoms with Crippen LogP contribution in [0.1, 0.15) is 20.7 Å². The Bertz CT molecular complexity index is 443. The van der Waals surface area contributed by atoms with Crippen LogP contribution in [0.4, 0.5) is 0 Å². The first-order chi connectivity index (χ1) is 7.54.